The minimum absolute atomic E-state index is 0.0661. The van der Waals surface area contributed by atoms with Crippen LogP contribution in [-0.2, 0) is 19.9 Å². The normalized spacial score (nSPS) is 28.8. The Morgan fingerprint density at radius 1 is 1.17 bits per heavy atom. The zero-order valence-electron chi connectivity index (χ0n) is 17.2. The zero-order chi connectivity index (χ0) is 21.0. The summed E-state index contributed by atoms with van der Waals surface area (Å²) in [6, 6.07) is 15.9. The summed E-state index contributed by atoms with van der Waals surface area (Å²) in [4.78, 5) is 27.2. The van der Waals surface area contributed by atoms with Gasteiger partial charge < -0.3 is 14.4 Å². The van der Waals surface area contributed by atoms with Gasteiger partial charge in [0.05, 0.1) is 11.3 Å². The Balaban J connectivity index is 1.98. The van der Waals surface area contributed by atoms with Crippen molar-refractivity contribution >= 4 is 33.8 Å². The van der Waals surface area contributed by atoms with Crippen molar-refractivity contribution in [1.82, 2.24) is 0 Å². The van der Waals surface area contributed by atoms with E-state index < -0.39 is 11.2 Å². The minimum atomic E-state index is -1.13. The topological polar surface area (TPSA) is 46.6 Å². The Bertz CT molecular complexity index is 965. The van der Waals surface area contributed by atoms with E-state index >= 15 is 0 Å². The van der Waals surface area contributed by atoms with Crippen LogP contribution in [0.2, 0.25) is 0 Å². The fourth-order valence-corrected chi connectivity index (χ4v) is 5.22. The molecule has 0 radical (unpaired) electrons. The number of fused-ring (bicyclic) bond motifs is 2. The first-order valence-electron chi connectivity index (χ1n) is 9.93. The van der Waals surface area contributed by atoms with Crippen molar-refractivity contribution in [2.45, 2.75) is 50.7 Å². The van der Waals surface area contributed by atoms with Crippen LogP contribution in [-0.4, -0.2) is 24.8 Å². The summed E-state index contributed by atoms with van der Waals surface area (Å²) >= 11 is 3.50. The van der Waals surface area contributed by atoms with Crippen LogP contribution < -0.4 is 4.90 Å². The number of amides is 1. The third-order valence-corrected chi connectivity index (χ3v) is 7.25. The second-order valence-electron chi connectivity index (χ2n) is 9.14. The Morgan fingerprint density at radius 3 is 2.45 bits per heavy atom. The van der Waals surface area contributed by atoms with Gasteiger partial charge in [0.25, 0.3) is 5.91 Å². The van der Waals surface area contributed by atoms with Gasteiger partial charge in [-0.25, -0.2) is 0 Å². The second-order valence-corrected chi connectivity index (χ2v) is 10.1. The highest BCUT2D eigenvalue weighted by molar-refractivity contribution is 9.10. The van der Waals surface area contributed by atoms with Crippen LogP contribution in [0.4, 0.5) is 5.69 Å². The highest BCUT2D eigenvalue weighted by atomic mass is 79.9. The monoisotopic (exact) mass is 455 g/mol. The van der Waals surface area contributed by atoms with Gasteiger partial charge in [-0.15, -0.1) is 0 Å². The summed E-state index contributed by atoms with van der Waals surface area (Å²) in [6.07, 6.45) is 1.78. The molecule has 1 amide bonds. The molecule has 1 saturated heterocycles. The predicted octanol–water partition coefficient (Wildman–Crippen LogP) is 5.20. The number of likely N-dealkylation sites (N-methyl/N-ethyl adjacent to an activating group) is 1. The molecule has 2 aromatic carbocycles. The molecule has 0 aliphatic carbocycles. The van der Waals surface area contributed by atoms with Crippen molar-refractivity contribution in [2.75, 3.05) is 11.9 Å². The van der Waals surface area contributed by atoms with Gasteiger partial charge in [-0.05, 0) is 35.6 Å². The molecular weight excluding hydrogens is 430 g/mol. The van der Waals surface area contributed by atoms with E-state index in [-0.39, 0.29) is 23.7 Å². The van der Waals surface area contributed by atoms with E-state index in [0.29, 0.717) is 6.42 Å². The molecule has 2 aliphatic heterocycles. The number of ether oxygens (including phenoxy) is 1. The molecule has 0 unspecified atom stereocenters. The lowest BCUT2D eigenvalue weighted by Crippen LogP contribution is -2.48. The maximum Gasteiger partial charge on any atom is 0.264 e. The van der Waals surface area contributed by atoms with Crippen LogP contribution in [0.1, 0.15) is 50.7 Å². The Hall–Kier alpha value is -1.98. The molecule has 1 fully saturated rings. The fourth-order valence-electron chi connectivity index (χ4n) is 4.96. The van der Waals surface area contributed by atoms with E-state index in [9.17, 15) is 9.59 Å². The molecule has 4 rings (SSSR count). The SMILES string of the molecule is CN1C(=O)[C@@]2(O[C@@](CC=O)(C(C)(C)C)C[C@H]2c2ccc(Br)cc2)c2ccccc21. The smallest absolute Gasteiger partial charge is 0.264 e. The number of aldehydes is 1. The van der Waals surface area contributed by atoms with Crippen LogP contribution in [0.15, 0.2) is 53.0 Å². The first kappa shape index (κ1) is 20.3. The number of carbonyl (C=O) groups excluding carboxylic acids is 2. The molecule has 2 aliphatic rings. The molecule has 5 heteroatoms. The average molecular weight is 456 g/mol. The largest absolute Gasteiger partial charge is 0.352 e. The maximum atomic E-state index is 13.8. The van der Waals surface area contributed by atoms with Crippen molar-refractivity contribution in [3.05, 3.63) is 64.1 Å². The highest BCUT2D eigenvalue weighted by Crippen LogP contribution is 2.63. The van der Waals surface area contributed by atoms with E-state index in [2.05, 4.69) is 36.7 Å². The molecule has 0 N–H and O–H groups in total. The summed E-state index contributed by atoms with van der Waals surface area (Å²) in [6.45, 7) is 6.26. The molecule has 0 saturated carbocycles. The van der Waals surface area contributed by atoms with Gasteiger partial charge in [0.15, 0.2) is 5.60 Å². The number of hydrogen-bond donors (Lipinski definition) is 0. The first-order valence-corrected chi connectivity index (χ1v) is 10.7. The lowest BCUT2D eigenvalue weighted by molar-refractivity contribution is -0.175. The fraction of sp³-hybridized carbons (Fsp3) is 0.417. The number of halogens is 1. The highest BCUT2D eigenvalue weighted by Gasteiger charge is 2.67. The van der Waals surface area contributed by atoms with Gasteiger partial charge >= 0.3 is 0 Å². The second kappa shape index (κ2) is 6.78. The van der Waals surface area contributed by atoms with Crippen molar-refractivity contribution in [3.63, 3.8) is 0 Å². The molecule has 0 aromatic heterocycles. The lowest BCUT2D eigenvalue weighted by atomic mass is 9.69. The van der Waals surface area contributed by atoms with E-state index in [1.165, 1.54) is 0 Å². The number of nitrogens with zero attached hydrogens (tertiary/aromatic N) is 1. The predicted molar refractivity (Wildman–Crippen MR) is 117 cm³/mol. The van der Waals surface area contributed by atoms with Crippen LogP contribution in [0.25, 0.3) is 0 Å². The molecular formula is C24H26BrNO3. The van der Waals surface area contributed by atoms with Gasteiger partial charge in [0, 0.05) is 29.4 Å². The van der Waals surface area contributed by atoms with Crippen molar-refractivity contribution < 1.29 is 14.3 Å². The summed E-state index contributed by atoms with van der Waals surface area (Å²) in [5.41, 5.74) is 0.619. The van der Waals surface area contributed by atoms with E-state index in [4.69, 9.17) is 4.74 Å². The Kier molecular flexibility index (Phi) is 4.74. The van der Waals surface area contributed by atoms with E-state index in [1.807, 2.05) is 48.5 Å². The van der Waals surface area contributed by atoms with E-state index in [0.717, 1.165) is 27.6 Å². The molecule has 0 bridgehead atoms. The first-order chi connectivity index (χ1) is 13.7. The number of hydrogen-bond acceptors (Lipinski definition) is 3. The number of anilines is 1. The summed E-state index contributed by atoms with van der Waals surface area (Å²) in [7, 11) is 1.80. The summed E-state index contributed by atoms with van der Waals surface area (Å²) < 4.78 is 7.86. The standard InChI is InChI=1S/C24H26BrNO3/c1-22(2,3)23(13-14-27)15-19(16-9-11-17(25)12-10-16)24(29-23)18-7-5-6-8-20(18)26(4)21(24)28/h5-12,14,19H,13,15H2,1-4H3/t19-,23+,24+/m0/s1. The van der Waals surface area contributed by atoms with Crippen molar-refractivity contribution in [3.8, 4) is 0 Å². The average Bonchev–Trinajstić information content (AvgIpc) is 3.14. The van der Waals surface area contributed by atoms with Gasteiger partial charge in [0.1, 0.15) is 6.29 Å². The Morgan fingerprint density at radius 2 is 1.83 bits per heavy atom. The van der Waals surface area contributed by atoms with Gasteiger partial charge in [-0.2, -0.15) is 0 Å². The molecule has 2 heterocycles. The van der Waals surface area contributed by atoms with Gasteiger partial charge in [-0.1, -0.05) is 67.0 Å². The maximum absolute atomic E-state index is 13.8. The zero-order valence-corrected chi connectivity index (χ0v) is 18.8. The van der Waals surface area contributed by atoms with Crippen molar-refractivity contribution in [2.24, 2.45) is 5.41 Å². The quantitative estimate of drug-likeness (QED) is 0.597. The number of benzene rings is 2. The molecule has 2 aromatic rings. The Labute approximate surface area is 180 Å². The number of para-hydroxylation sites is 1. The summed E-state index contributed by atoms with van der Waals surface area (Å²) in [5, 5.41) is 0. The molecule has 4 nitrogen and oxygen atoms in total. The van der Waals surface area contributed by atoms with Gasteiger partial charge in [-0.3, -0.25) is 4.79 Å². The van der Waals surface area contributed by atoms with Gasteiger partial charge in [0.2, 0.25) is 0 Å². The van der Waals surface area contributed by atoms with E-state index in [1.54, 1.807) is 11.9 Å². The van der Waals surface area contributed by atoms with Crippen LogP contribution >= 0.6 is 15.9 Å². The lowest BCUT2D eigenvalue weighted by Gasteiger charge is -2.41. The number of rotatable bonds is 3. The van der Waals surface area contributed by atoms with Crippen LogP contribution in [0.5, 0.6) is 0 Å². The van der Waals surface area contributed by atoms with Crippen molar-refractivity contribution in [1.29, 1.82) is 0 Å². The molecule has 3 atom stereocenters. The van der Waals surface area contributed by atoms with Crippen LogP contribution in [0, 0.1) is 5.41 Å². The summed E-state index contributed by atoms with van der Waals surface area (Å²) in [5.74, 6) is -0.253. The third kappa shape index (κ3) is 2.82. The third-order valence-electron chi connectivity index (χ3n) is 6.72. The molecule has 1 spiro atoms. The van der Waals surface area contributed by atoms with Crippen LogP contribution in [0.3, 0.4) is 0 Å². The molecule has 152 valence electrons. The molecule has 29 heavy (non-hydrogen) atoms. The minimum Gasteiger partial charge on any atom is -0.352 e. The number of carbonyl (C=O) groups is 2.